The van der Waals surface area contributed by atoms with E-state index in [4.69, 9.17) is 28.3 Å². The molecule has 0 saturated heterocycles. The van der Waals surface area contributed by atoms with Crippen molar-refractivity contribution in [3.63, 3.8) is 0 Å². The van der Waals surface area contributed by atoms with Gasteiger partial charge in [-0.3, -0.25) is 0 Å². The van der Waals surface area contributed by atoms with Crippen LogP contribution < -0.4 is 0 Å². The minimum absolute atomic E-state index is 0. The van der Waals surface area contributed by atoms with E-state index in [1.54, 1.807) is 0 Å². The van der Waals surface area contributed by atoms with Crippen molar-refractivity contribution in [1.82, 2.24) is 0 Å². The van der Waals surface area contributed by atoms with E-state index >= 15 is 0 Å². The maximum absolute atomic E-state index is 7.88. The average Bonchev–Trinajstić information content (AvgIpc) is 1.38. The van der Waals surface area contributed by atoms with Gasteiger partial charge in [-0.05, 0) is 0 Å². The van der Waals surface area contributed by atoms with E-state index in [1.165, 1.54) is 0 Å². The summed E-state index contributed by atoms with van der Waals surface area (Å²) in [6, 6.07) is 0. The van der Waals surface area contributed by atoms with E-state index in [9.17, 15) is 0 Å². The van der Waals surface area contributed by atoms with Crippen LogP contribution in [0.5, 0.6) is 0 Å². The smallest absolute Gasteiger partial charge is 2.00 e. The normalized spacial score (nSPS) is 6.00. The standard InChI is InChI=1S/C2H4Cl2O.2O.V/c3-2(4)1-5;;;/h2,5H,1H2;;;/q;2*-2;+4. The van der Waals surface area contributed by atoms with E-state index in [2.05, 4.69) is 0 Å². The van der Waals surface area contributed by atoms with Crippen molar-refractivity contribution in [1.29, 1.82) is 0 Å². The van der Waals surface area contributed by atoms with Gasteiger partial charge in [-0.25, -0.2) is 0 Å². The summed E-state index contributed by atoms with van der Waals surface area (Å²) in [5.41, 5.74) is 0. The molecule has 0 amide bonds. The summed E-state index contributed by atoms with van der Waals surface area (Å²) in [6.07, 6.45) is 0. The van der Waals surface area contributed by atoms with Gasteiger partial charge < -0.3 is 16.1 Å². The van der Waals surface area contributed by atoms with Crippen molar-refractivity contribution in [3.8, 4) is 0 Å². The summed E-state index contributed by atoms with van der Waals surface area (Å²) in [5, 5.41) is 7.88. The minimum atomic E-state index is -0.616. The Hall–Kier alpha value is 1.04. The van der Waals surface area contributed by atoms with Crippen LogP contribution >= 0.6 is 23.2 Å². The Morgan fingerprint density at radius 2 is 1.38 bits per heavy atom. The summed E-state index contributed by atoms with van der Waals surface area (Å²) in [4.78, 5) is -0.616. The predicted molar refractivity (Wildman–Crippen MR) is 24.0 cm³/mol. The van der Waals surface area contributed by atoms with Gasteiger partial charge in [-0.1, -0.05) is 0 Å². The molecule has 0 atom stereocenters. The SMILES string of the molecule is OCC(Cl)Cl.[O-2].[O-2].[V+4]. The first-order chi connectivity index (χ1) is 2.27. The zero-order chi connectivity index (χ0) is 4.28. The first kappa shape index (κ1) is 23.0. The van der Waals surface area contributed by atoms with Gasteiger partial charge in [-0.2, -0.15) is 0 Å². The van der Waals surface area contributed by atoms with Crippen LogP contribution in [0.4, 0.5) is 0 Å². The molecule has 0 aliphatic rings. The molecule has 0 saturated carbocycles. The molecule has 0 spiro atoms. The van der Waals surface area contributed by atoms with Crippen LogP contribution in [0.1, 0.15) is 0 Å². The van der Waals surface area contributed by atoms with Gasteiger partial charge in [0.25, 0.3) is 0 Å². The number of aliphatic hydroxyl groups is 1. The summed E-state index contributed by atoms with van der Waals surface area (Å²) in [6.45, 7) is -0.164. The quantitative estimate of drug-likeness (QED) is 0.613. The predicted octanol–water partition coefficient (Wildman–Crippen LogP) is 0.542. The van der Waals surface area contributed by atoms with Crippen molar-refractivity contribution in [3.05, 3.63) is 0 Å². The molecule has 49 valence electrons. The molecule has 8 heavy (non-hydrogen) atoms. The largest absolute Gasteiger partial charge is 4.00 e. The summed E-state index contributed by atoms with van der Waals surface area (Å²) in [7, 11) is 0. The first-order valence-corrected chi connectivity index (χ1v) is 2.03. The maximum atomic E-state index is 7.88. The Labute approximate surface area is 69.5 Å². The van der Waals surface area contributed by atoms with Crippen LogP contribution in [0, 0.1) is 0 Å². The second-order valence-electron chi connectivity index (χ2n) is 0.574. The molecular formula is C2H4Cl2O3V. The molecule has 0 rings (SSSR count). The fraction of sp³-hybridized carbons (Fsp3) is 1.00. The fourth-order valence-electron chi connectivity index (χ4n) is 0. The van der Waals surface area contributed by atoms with Crippen LogP contribution in [0.2, 0.25) is 0 Å². The Balaban J connectivity index is -0.0000000267. The Morgan fingerprint density at radius 1 is 1.25 bits per heavy atom. The molecule has 0 fully saturated rings. The Bertz CT molecular complexity index is 29.2. The van der Waals surface area contributed by atoms with E-state index in [-0.39, 0.29) is 36.1 Å². The molecule has 0 aromatic rings. The molecule has 3 nitrogen and oxygen atoms in total. The van der Waals surface area contributed by atoms with E-state index in [1.807, 2.05) is 0 Å². The second kappa shape index (κ2) is 15.7. The summed E-state index contributed by atoms with van der Waals surface area (Å²) < 4.78 is 0. The van der Waals surface area contributed by atoms with Gasteiger partial charge in [0.05, 0.1) is 6.61 Å². The molecule has 6 heteroatoms. The zero-order valence-corrected chi connectivity index (χ0v) is 6.66. The summed E-state index contributed by atoms with van der Waals surface area (Å²) >= 11 is 9.96. The van der Waals surface area contributed by atoms with E-state index < -0.39 is 4.84 Å². The van der Waals surface area contributed by atoms with E-state index in [0.29, 0.717) is 0 Å². The van der Waals surface area contributed by atoms with Crippen LogP contribution in [-0.4, -0.2) is 16.5 Å². The van der Waals surface area contributed by atoms with Crippen LogP contribution in [0.15, 0.2) is 0 Å². The monoisotopic (exact) mass is 197 g/mol. The number of halogens is 2. The number of hydrogen-bond donors (Lipinski definition) is 1. The second-order valence-corrected chi connectivity index (χ2v) is 1.85. The van der Waals surface area contributed by atoms with Crippen molar-refractivity contribution in [2.75, 3.05) is 6.61 Å². The molecule has 1 N–H and O–H groups in total. The van der Waals surface area contributed by atoms with Gasteiger partial charge in [0.1, 0.15) is 4.84 Å². The molecule has 0 heterocycles. The van der Waals surface area contributed by atoms with Crippen molar-refractivity contribution >= 4 is 23.2 Å². The minimum Gasteiger partial charge on any atom is -2.00 e. The van der Waals surface area contributed by atoms with Crippen molar-refractivity contribution < 1.29 is 34.6 Å². The Morgan fingerprint density at radius 3 is 1.38 bits per heavy atom. The van der Waals surface area contributed by atoms with Gasteiger partial charge in [-0.15, -0.1) is 23.2 Å². The maximum Gasteiger partial charge on any atom is 4.00 e. The topological polar surface area (TPSA) is 77.2 Å². The van der Waals surface area contributed by atoms with Crippen LogP contribution in [-0.2, 0) is 29.5 Å². The molecule has 0 aliphatic carbocycles. The molecule has 0 bridgehead atoms. The van der Waals surface area contributed by atoms with Crippen molar-refractivity contribution in [2.45, 2.75) is 4.84 Å². The molecular weight excluding hydrogens is 194 g/mol. The van der Waals surface area contributed by atoms with Crippen LogP contribution in [0.25, 0.3) is 0 Å². The zero-order valence-electron chi connectivity index (χ0n) is 3.75. The third-order valence-corrected chi connectivity index (χ3v) is 0.414. The molecule has 0 aromatic carbocycles. The number of aliphatic hydroxyl groups excluding tert-OH is 1. The third kappa shape index (κ3) is 27.8. The number of hydrogen-bond acceptors (Lipinski definition) is 1. The molecule has 0 aromatic heterocycles. The molecule has 1 radical (unpaired) electrons. The van der Waals surface area contributed by atoms with Gasteiger partial charge in [0.15, 0.2) is 0 Å². The van der Waals surface area contributed by atoms with Crippen LogP contribution in [0.3, 0.4) is 0 Å². The number of rotatable bonds is 1. The van der Waals surface area contributed by atoms with Crippen molar-refractivity contribution in [2.24, 2.45) is 0 Å². The fourth-order valence-corrected chi connectivity index (χ4v) is 0. The molecule has 0 aliphatic heterocycles. The molecule has 0 unspecified atom stereocenters. The first-order valence-electron chi connectivity index (χ1n) is 1.16. The average molecular weight is 198 g/mol. The Kier molecular flexibility index (Phi) is 45.1. The van der Waals surface area contributed by atoms with E-state index in [0.717, 1.165) is 0 Å². The van der Waals surface area contributed by atoms with Gasteiger partial charge in [0.2, 0.25) is 0 Å². The number of alkyl halides is 2. The summed E-state index contributed by atoms with van der Waals surface area (Å²) in [5.74, 6) is 0. The third-order valence-electron chi connectivity index (χ3n) is 0.138. The van der Waals surface area contributed by atoms with Gasteiger partial charge in [0, 0.05) is 0 Å². The van der Waals surface area contributed by atoms with Gasteiger partial charge >= 0.3 is 18.6 Å².